The zero-order valence-electron chi connectivity index (χ0n) is 12.1. The lowest BCUT2D eigenvalue weighted by Gasteiger charge is -2.11. The summed E-state index contributed by atoms with van der Waals surface area (Å²) in [5.74, 6) is 0.405. The van der Waals surface area contributed by atoms with Gasteiger partial charge in [0.15, 0.2) is 17.3 Å². The number of hydrogen-bond donors (Lipinski definition) is 1. The van der Waals surface area contributed by atoms with Crippen molar-refractivity contribution in [2.75, 3.05) is 12.8 Å². The molecule has 1 aromatic carbocycles. The van der Waals surface area contributed by atoms with Crippen molar-refractivity contribution in [1.29, 1.82) is 0 Å². The standard InChI is InChI=1S/C16H14FN3O2/c1-9-7-12-15(20-16(9)21-2)14(5-6-19-12)22-13-4-3-10(18)8-11(13)17/h3-8H,18H2,1-2H3. The third kappa shape index (κ3) is 2.50. The maximum atomic E-state index is 13.9. The van der Waals surface area contributed by atoms with Crippen molar-refractivity contribution in [1.82, 2.24) is 9.97 Å². The number of rotatable bonds is 3. The number of aryl methyl sites for hydroxylation is 1. The lowest BCUT2D eigenvalue weighted by Crippen LogP contribution is -1.96. The average Bonchev–Trinajstić information content (AvgIpc) is 2.49. The van der Waals surface area contributed by atoms with Gasteiger partial charge < -0.3 is 15.2 Å². The lowest BCUT2D eigenvalue weighted by molar-refractivity contribution is 0.395. The highest BCUT2D eigenvalue weighted by Gasteiger charge is 2.12. The van der Waals surface area contributed by atoms with E-state index in [1.807, 2.05) is 13.0 Å². The molecule has 2 heterocycles. The Labute approximate surface area is 126 Å². The molecule has 0 spiro atoms. The molecule has 0 saturated carbocycles. The van der Waals surface area contributed by atoms with Crippen LogP contribution in [0.2, 0.25) is 0 Å². The molecule has 0 unspecified atom stereocenters. The maximum absolute atomic E-state index is 13.9. The van der Waals surface area contributed by atoms with Crippen LogP contribution in [0.25, 0.3) is 11.0 Å². The van der Waals surface area contributed by atoms with Crippen LogP contribution >= 0.6 is 0 Å². The minimum absolute atomic E-state index is 0.0723. The summed E-state index contributed by atoms with van der Waals surface area (Å²) < 4.78 is 24.7. The van der Waals surface area contributed by atoms with Crippen molar-refractivity contribution < 1.29 is 13.9 Å². The van der Waals surface area contributed by atoms with Gasteiger partial charge in [0.25, 0.3) is 0 Å². The van der Waals surface area contributed by atoms with Crippen LogP contribution in [0.15, 0.2) is 36.5 Å². The first-order valence-electron chi connectivity index (χ1n) is 6.61. The molecule has 0 saturated heterocycles. The highest BCUT2D eigenvalue weighted by atomic mass is 19.1. The van der Waals surface area contributed by atoms with E-state index in [2.05, 4.69) is 9.97 Å². The van der Waals surface area contributed by atoms with Crippen molar-refractivity contribution in [2.24, 2.45) is 0 Å². The second kappa shape index (κ2) is 5.48. The number of pyridine rings is 2. The van der Waals surface area contributed by atoms with E-state index in [4.69, 9.17) is 15.2 Å². The smallest absolute Gasteiger partial charge is 0.216 e. The fourth-order valence-corrected chi connectivity index (χ4v) is 2.13. The zero-order valence-corrected chi connectivity index (χ0v) is 12.1. The highest BCUT2D eigenvalue weighted by molar-refractivity contribution is 5.82. The van der Waals surface area contributed by atoms with Gasteiger partial charge in [-0.2, -0.15) is 0 Å². The molecular weight excluding hydrogens is 285 g/mol. The predicted molar refractivity (Wildman–Crippen MR) is 81.7 cm³/mol. The summed E-state index contributed by atoms with van der Waals surface area (Å²) in [6, 6.07) is 7.71. The van der Waals surface area contributed by atoms with Crippen LogP contribution in [-0.2, 0) is 0 Å². The fraction of sp³-hybridized carbons (Fsp3) is 0.125. The van der Waals surface area contributed by atoms with Gasteiger partial charge in [-0.25, -0.2) is 9.37 Å². The van der Waals surface area contributed by atoms with Crippen molar-refractivity contribution in [2.45, 2.75) is 6.92 Å². The summed E-state index contributed by atoms with van der Waals surface area (Å²) in [6.45, 7) is 1.88. The third-order valence-electron chi connectivity index (χ3n) is 3.19. The summed E-state index contributed by atoms with van der Waals surface area (Å²) in [4.78, 5) is 8.62. The molecule has 6 heteroatoms. The lowest BCUT2D eigenvalue weighted by atomic mass is 10.2. The monoisotopic (exact) mass is 299 g/mol. The molecule has 3 aromatic rings. The molecule has 3 rings (SSSR count). The van der Waals surface area contributed by atoms with Gasteiger partial charge >= 0.3 is 0 Å². The van der Waals surface area contributed by atoms with E-state index in [0.29, 0.717) is 28.4 Å². The predicted octanol–water partition coefficient (Wildman–Crippen LogP) is 3.46. The normalized spacial score (nSPS) is 10.7. The number of anilines is 1. The van der Waals surface area contributed by atoms with E-state index in [1.165, 1.54) is 19.2 Å². The molecule has 2 N–H and O–H groups in total. The third-order valence-corrected chi connectivity index (χ3v) is 3.19. The van der Waals surface area contributed by atoms with Crippen LogP contribution in [0.5, 0.6) is 17.4 Å². The summed E-state index contributed by atoms with van der Waals surface area (Å²) >= 11 is 0. The summed E-state index contributed by atoms with van der Waals surface area (Å²) in [5.41, 5.74) is 7.87. The van der Waals surface area contributed by atoms with Crippen molar-refractivity contribution in [3.05, 3.63) is 47.9 Å². The minimum Gasteiger partial charge on any atom is -0.481 e. The van der Waals surface area contributed by atoms with Gasteiger partial charge in [0, 0.05) is 29.6 Å². The van der Waals surface area contributed by atoms with Gasteiger partial charge in [0.1, 0.15) is 5.52 Å². The number of halogens is 1. The highest BCUT2D eigenvalue weighted by Crippen LogP contribution is 2.31. The van der Waals surface area contributed by atoms with Gasteiger partial charge in [-0.05, 0) is 25.1 Å². The van der Waals surface area contributed by atoms with E-state index in [1.54, 1.807) is 18.3 Å². The Hall–Kier alpha value is -2.89. The second-order valence-electron chi connectivity index (χ2n) is 4.78. The molecular formula is C16H14FN3O2. The molecule has 0 bridgehead atoms. The van der Waals surface area contributed by atoms with Gasteiger partial charge in [0.05, 0.1) is 12.6 Å². The molecule has 0 aliphatic carbocycles. The van der Waals surface area contributed by atoms with Crippen molar-refractivity contribution >= 4 is 16.7 Å². The number of ether oxygens (including phenoxy) is 2. The first-order valence-corrected chi connectivity index (χ1v) is 6.61. The minimum atomic E-state index is -0.538. The number of nitrogens with zero attached hydrogens (tertiary/aromatic N) is 2. The Morgan fingerprint density at radius 2 is 1.95 bits per heavy atom. The maximum Gasteiger partial charge on any atom is 0.216 e. The average molecular weight is 299 g/mol. The molecule has 0 aliphatic rings. The zero-order chi connectivity index (χ0) is 15.7. The Balaban J connectivity index is 2.10. The van der Waals surface area contributed by atoms with E-state index in [0.717, 1.165) is 5.56 Å². The fourth-order valence-electron chi connectivity index (χ4n) is 2.13. The number of hydrogen-bond acceptors (Lipinski definition) is 5. The van der Waals surface area contributed by atoms with Crippen LogP contribution in [0.4, 0.5) is 10.1 Å². The van der Waals surface area contributed by atoms with Crippen LogP contribution in [0.1, 0.15) is 5.56 Å². The molecule has 0 fully saturated rings. The molecule has 0 radical (unpaired) electrons. The number of benzene rings is 1. The Kier molecular flexibility index (Phi) is 3.50. The number of nitrogen functional groups attached to an aromatic ring is 1. The first kappa shape index (κ1) is 14.1. The van der Waals surface area contributed by atoms with Gasteiger partial charge in [-0.3, -0.25) is 4.98 Å². The van der Waals surface area contributed by atoms with E-state index < -0.39 is 5.82 Å². The summed E-state index contributed by atoms with van der Waals surface area (Å²) in [7, 11) is 1.54. The largest absolute Gasteiger partial charge is 0.481 e. The van der Waals surface area contributed by atoms with Crippen LogP contribution in [-0.4, -0.2) is 17.1 Å². The van der Waals surface area contributed by atoms with Crippen molar-refractivity contribution in [3.8, 4) is 17.4 Å². The van der Waals surface area contributed by atoms with E-state index in [-0.39, 0.29) is 5.75 Å². The topological polar surface area (TPSA) is 70.3 Å². The van der Waals surface area contributed by atoms with Crippen LogP contribution in [0.3, 0.4) is 0 Å². The molecule has 2 aromatic heterocycles. The molecule has 0 atom stereocenters. The second-order valence-corrected chi connectivity index (χ2v) is 4.78. The quantitative estimate of drug-likeness (QED) is 0.750. The molecule has 112 valence electrons. The summed E-state index contributed by atoms with van der Waals surface area (Å²) in [6.07, 6.45) is 1.58. The Morgan fingerprint density at radius 3 is 2.68 bits per heavy atom. The molecule has 22 heavy (non-hydrogen) atoms. The number of nitrogens with two attached hydrogens (primary N) is 1. The van der Waals surface area contributed by atoms with Crippen LogP contribution in [0, 0.1) is 12.7 Å². The molecule has 0 amide bonds. The van der Waals surface area contributed by atoms with E-state index >= 15 is 0 Å². The Bertz CT molecular complexity index is 852. The van der Waals surface area contributed by atoms with Gasteiger partial charge in [-0.1, -0.05) is 0 Å². The molecule has 0 aliphatic heterocycles. The number of methoxy groups -OCH3 is 1. The van der Waals surface area contributed by atoms with Gasteiger partial charge in [0.2, 0.25) is 5.88 Å². The SMILES string of the molecule is COc1nc2c(Oc3ccc(N)cc3F)ccnc2cc1C. The summed E-state index contributed by atoms with van der Waals surface area (Å²) in [5, 5.41) is 0. The molecule has 5 nitrogen and oxygen atoms in total. The first-order chi connectivity index (χ1) is 10.6. The number of fused-ring (bicyclic) bond motifs is 1. The van der Waals surface area contributed by atoms with E-state index in [9.17, 15) is 4.39 Å². The van der Waals surface area contributed by atoms with Crippen LogP contribution < -0.4 is 15.2 Å². The Morgan fingerprint density at radius 1 is 1.14 bits per heavy atom. The van der Waals surface area contributed by atoms with Crippen molar-refractivity contribution in [3.63, 3.8) is 0 Å². The van der Waals surface area contributed by atoms with Gasteiger partial charge in [-0.15, -0.1) is 0 Å². The number of aromatic nitrogens is 2.